The van der Waals surface area contributed by atoms with Gasteiger partial charge in [0.2, 0.25) is 5.91 Å². The van der Waals surface area contributed by atoms with Crippen LogP contribution in [0.1, 0.15) is 48.8 Å². The van der Waals surface area contributed by atoms with Crippen LogP contribution in [0.4, 0.5) is 13.2 Å². The molecule has 3 rings (SSSR count). The maximum Gasteiger partial charge on any atom is 0.263 e. The maximum atomic E-state index is 14.2. The molecule has 1 fully saturated rings. The van der Waals surface area contributed by atoms with Crippen LogP contribution in [0.15, 0.2) is 48.5 Å². The van der Waals surface area contributed by atoms with E-state index in [4.69, 9.17) is 0 Å². The summed E-state index contributed by atoms with van der Waals surface area (Å²) in [5.41, 5.74) is 1.62. The van der Waals surface area contributed by atoms with Gasteiger partial charge in [-0.25, -0.2) is 13.2 Å². The van der Waals surface area contributed by atoms with Gasteiger partial charge in [-0.1, -0.05) is 36.4 Å². The van der Waals surface area contributed by atoms with Crippen molar-refractivity contribution in [1.29, 1.82) is 0 Å². The molecule has 0 radical (unpaired) electrons. The summed E-state index contributed by atoms with van der Waals surface area (Å²) in [5.74, 6) is -0.162. The number of carbonyl (C=O) groups excluding carboxylic acids is 1. The Morgan fingerprint density at radius 1 is 1.06 bits per heavy atom. The van der Waals surface area contributed by atoms with Crippen LogP contribution in [0.5, 0.6) is 5.75 Å². The molecule has 1 amide bonds. The van der Waals surface area contributed by atoms with Crippen LogP contribution >= 0.6 is 0 Å². The summed E-state index contributed by atoms with van der Waals surface area (Å²) in [6.45, 7) is 3.09. The van der Waals surface area contributed by atoms with E-state index in [-0.39, 0.29) is 29.2 Å². The summed E-state index contributed by atoms with van der Waals surface area (Å²) in [5, 5.41) is 9.46. The molecule has 0 saturated carbocycles. The van der Waals surface area contributed by atoms with Crippen molar-refractivity contribution in [3.8, 4) is 5.75 Å². The van der Waals surface area contributed by atoms with Gasteiger partial charge in [0.15, 0.2) is 0 Å². The highest BCUT2D eigenvalue weighted by atomic mass is 19.3. The predicted molar refractivity (Wildman–Crippen MR) is 114 cm³/mol. The summed E-state index contributed by atoms with van der Waals surface area (Å²) < 4.78 is 39.6. The van der Waals surface area contributed by atoms with Gasteiger partial charge in [0, 0.05) is 24.6 Å². The molecule has 7 heteroatoms. The number of hydrogen-bond donors (Lipinski definition) is 1. The second-order valence-electron chi connectivity index (χ2n) is 8.25. The molecule has 31 heavy (non-hydrogen) atoms. The van der Waals surface area contributed by atoms with Crippen molar-refractivity contribution < 1.29 is 23.1 Å². The summed E-state index contributed by atoms with van der Waals surface area (Å²) in [6, 6.07) is 12.4. The lowest BCUT2D eigenvalue weighted by atomic mass is 9.91. The van der Waals surface area contributed by atoms with E-state index in [9.17, 15) is 23.1 Å². The van der Waals surface area contributed by atoms with E-state index in [1.807, 2.05) is 11.9 Å². The Hall–Kier alpha value is -2.54. The fraction of sp³-hybridized carbons (Fsp3) is 0.458. The van der Waals surface area contributed by atoms with Crippen LogP contribution < -0.4 is 0 Å². The van der Waals surface area contributed by atoms with Crippen LogP contribution in [0.3, 0.4) is 0 Å². The topological polar surface area (TPSA) is 43.8 Å². The molecule has 1 heterocycles. The molecule has 3 atom stereocenters. The maximum absolute atomic E-state index is 14.2. The Kier molecular flexibility index (Phi) is 7.59. The second kappa shape index (κ2) is 10.2. The minimum Gasteiger partial charge on any atom is -0.508 e. The van der Waals surface area contributed by atoms with Crippen molar-refractivity contribution >= 4 is 5.91 Å². The monoisotopic (exact) mass is 434 g/mol. The van der Waals surface area contributed by atoms with Crippen molar-refractivity contribution in [2.24, 2.45) is 0 Å². The number of benzene rings is 2. The predicted octanol–water partition coefficient (Wildman–Crippen LogP) is 4.89. The molecular formula is C24H29F3N2O2. The molecule has 0 aliphatic carbocycles. The number of hydrogen-bond acceptors (Lipinski definition) is 3. The van der Waals surface area contributed by atoms with Gasteiger partial charge in [0.05, 0.1) is 6.04 Å². The largest absolute Gasteiger partial charge is 0.508 e. The van der Waals surface area contributed by atoms with Crippen LogP contribution in [-0.4, -0.2) is 53.2 Å². The van der Waals surface area contributed by atoms with E-state index < -0.39 is 12.6 Å². The van der Waals surface area contributed by atoms with Gasteiger partial charge in [0.1, 0.15) is 11.9 Å². The summed E-state index contributed by atoms with van der Waals surface area (Å²) in [4.78, 5) is 16.6. The molecule has 0 unspecified atom stereocenters. The SMILES string of the molecule is C[C@@H](F)[C@@H](CCN(C)[C@@H]1CCN(Cc2ccc(C(F)F)cc2)C1=O)c1ccc(O)cc1. The molecule has 2 aromatic rings. The highest BCUT2D eigenvalue weighted by Crippen LogP contribution is 2.28. The molecule has 168 valence electrons. The van der Waals surface area contributed by atoms with Crippen LogP contribution in [-0.2, 0) is 11.3 Å². The van der Waals surface area contributed by atoms with Crippen molar-refractivity contribution in [2.45, 2.75) is 50.9 Å². The molecule has 2 aromatic carbocycles. The van der Waals surface area contributed by atoms with Crippen molar-refractivity contribution in [2.75, 3.05) is 20.1 Å². The Bertz CT molecular complexity index is 856. The minimum absolute atomic E-state index is 0.00918. The fourth-order valence-electron chi connectivity index (χ4n) is 4.16. The van der Waals surface area contributed by atoms with E-state index in [1.54, 1.807) is 41.3 Å². The van der Waals surface area contributed by atoms with Gasteiger partial charge in [-0.15, -0.1) is 0 Å². The van der Waals surface area contributed by atoms with Gasteiger partial charge in [-0.2, -0.15) is 0 Å². The third kappa shape index (κ3) is 5.79. The van der Waals surface area contributed by atoms with E-state index in [1.165, 1.54) is 19.1 Å². The number of likely N-dealkylation sites (N-methyl/N-ethyl adjacent to an activating group) is 1. The Morgan fingerprint density at radius 2 is 1.68 bits per heavy atom. The molecule has 4 nitrogen and oxygen atoms in total. The number of rotatable bonds is 9. The molecule has 1 N–H and O–H groups in total. The lowest BCUT2D eigenvalue weighted by Gasteiger charge is -2.27. The van der Waals surface area contributed by atoms with Gasteiger partial charge >= 0.3 is 0 Å². The average molecular weight is 435 g/mol. The number of amides is 1. The molecule has 1 saturated heterocycles. The minimum atomic E-state index is -2.50. The first-order valence-electron chi connectivity index (χ1n) is 10.5. The third-order valence-electron chi connectivity index (χ3n) is 6.07. The van der Waals surface area contributed by atoms with Gasteiger partial charge in [-0.3, -0.25) is 9.69 Å². The lowest BCUT2D eigenvalue weighted by molar-refractivity contribution is -0.132. The van der Waals surface area contributed by atoms with Crippen molar-refractivity contribution in [1.82, 2.24) is 9.80 Å². The average Bonchev–Trinajstić information content (AvgIpc) is 3.09. The Labute approximate surface area is 181 Å². The third-order valence-corrected chi connectivity index (χ3v) is 6.07. The van der Waals surface area contributed by atoms with E-state index in [0.717, 1.165) is 11.1 Å². The molecule has 0 aromatic heterocycles. The molecular weight excluding hydrogens is 405 g/mol. The molecule has 0 spiro atoms. The number of likely N-dealkylation sites (tertiary alicyclic amines) is 1. The number of phenols is 1. The van der Waals surface area contributed by atoms with E-state index in [0.29, 0.717) is 32.5 Å². The van der Waals surface area contributed by atoms with Crippen molar-refractivity contribution in [3.63, 3.8) is 0 Å². The zero-order valence-electron chi connectivity index (χ0n) is 17.8. The van der Waals surface area contributed by atoms with E-state index in [2.05, 4.69) is 0 Å². The lowest BCUT2D eigenvalue weighted by Crippen LogP contribution is -2.40. The summed E-state index contributed by atoms with van der Waals surface area (Å²) in [7, 11) is 1.88. The Balaban J connectivity index is 1.56. The number of carbonyl (C=O) groups is 1. The number of phenolic OH excluding ortho intramolecular Hbond substituents is 1. The molecule has 1 aliphatic heterocycles. The smallest absolute Gasteiger partial charge is 0.263 e. The number of alkyl halides is 3. The normalized spacial score (nSPS) is 18.7. The van der Waals surface area contributed by atoms with Crippen molar-refractivity contribution in [3.05, 3.63) is 65.2 Å². The zero-order valence-corrected chi connectivity index (χ0v) is 17.8. The van der Waals surface area contributed by atoms with Gasteiger partial charge in [0.25, 0.3) is 6.43 Å². The van der Waals surface area contributed by atoms with Crippen LogP contribution in [0.2, 0.25) is 0 Å². The first-order valence-corrected chi connectivity index (χ1v) is 10.5. The first kappa shape index (κ1) is 23.1. The highest BCUT2D eigenvalue weighted by molar-refractivity contribution is 5.83. The number of halogens is 3. The van der Waals surface area contributed by atoms with Crippen LogP contribution in [0, 0.1) is 0 Å². The number of nitrogens with zero attached hydrogens (tertiary/aromatic N) is 2. The second-order valence-corrected chi connectivity index (χ2v) is 8.25. The summed E-state index contributed by atoms with van der Waals surface area (Å²) in [6.07, 6.45) is -2.32. The highest BCUT2D eigenvalue weighted by Gasteiger charge is 2.34. The molecule has 0 bridgehead atoms. The quantitative estimate of drug-likeness (QED) is 0.611. The van der Waals surface area contributed by atoms with Crippen LogP contribution in [0.25, 0.3) is 0 Å². The molecule has 1 aliphatic rings. The summed E-state index contributed by atoms with van der Waals surface area (Å²) >= 11 is 0. The Morgan fingerprint density at radius 3 is 2.26 bits per heavy atom. The fourth-order valence-corrected chi connectivity index (χ4v) is 4.16. The van der Waals surface area contributed by atoms with Gasteiger partial charge in [-0.05, 0) is 56.6 Å². The number of aromatic hydroxyl groups is 1. The first-order chi connectivity index (χ1) is 14.8. The van der Waals surface area contributed by atoms with E-state index >= 15 is 0 Å². The zero-order chi connectivity index (χ0) is 22.5. The van der Waals surface area contributed by atoms with Gasteiger partial charge < -0.3 is 10.0 Å². The standard InChI is InChI=1S/C24H29F3N2O2/c1-16(25)21(18-7-9-20(30)10-8-18)11-13-28(2)22-12-14-29(24(22)31)15-17-3-5-19(6-4-17)23(26)27/h3-10,16,21-23,30H,11-15H2,1-2H3/t16-,21-,22-/m1/s1.